The van der Waals surface area contributed by atoms with E-state index in [0.717, 1.165) is 19.4 Å². The zero-order chi connectivity index (χ0) is 15.5. The van der Waals surface area contributed by atoms with E-state index >= 15 is 0 Å². The van der Waals surface area contributed by atoms with Crippen LogP contribution in [0.2, 0.25) is 0 Å². The molecule has 1 aromatic carbocycles. The Labute approximate surface area is 130 Å². The molecular formula is C19H31NO. The molecule has 21 heavy (non-hydrogen) atoms. The third-order valence-electron chi connectivity index (χ3n) is 4.88. The molecule has 0 radical (unpaired) electrons. The van der Waals surface area contributed by atoms with Crippen molar-refractivity contribution in [3.63, 3.8) is 0 Å². The lowest BCUT2D eigenvalue weighted by atomic mass is 9.76. The average Bonchev–Trinajstić information content (AvgIpc) is 2.45. The van der Waals surface area contributed by atoms with Gasteiger partial charge in [0.2, 0.25) is 0 Å². The predicted molar refractivity (Wildman–Crippen MR) is 89.4 cm³/mol. The van der Waals surface area contributed by atoms with E-state index in [1.54, 1.807) is 0 Å². The number of benzene rings is 1. The second kappa shape index (κ2) is 6.50. The van der Waals surface area contributed by atoms with Crippen molar-refractivity contribution >= 4 is 0 Å². The summed E-state index contributed by atoms with van der Waals surface area (Å²) in [6, 6.07) is 8.88. The Morgan fingerprint density at radius 3 is 2.43 bits per heavy atom. The minimum Gasteiger partial charge on any atom is -0.394 e. The normalized spacial score (nSPS) is 26.8. The summed E-state index contributed by atoms with van der Waals surface area (Å²) in [5.74, 6) is 0.710. The quantitative estimate of drug-likeness (QED) is 0.877. The first-order valence-electron chi connectivity index (χ1n) is 8.30. The molecule has 1 fully saturated rings. The van der Waals surface area contributed by atoms with Gasteiger partial charge in [0, 0.05) is 12.1 Å². The molecule has 0 aromatic heterocycles. The van der Waals surface area contributed by atoms with Crippen molar-refractivity contribution in [1.29, 1.82) is 0 Å². The second-order valence-electron chi connectivity index (χ2n) is 7.94. The van der Waals surface area contributed by atoms with Crippen LogP contribution in [0.5, 0.6) is 0 Å². The predicted octanol–water partition coefficient (Wildman–Crippen LogP) is 4.01. The van der Waals surface area contributed by atoms with Crippen LogP contribution >= 0.6 is 0 Å². The van der Waals surface area contributed by atoms with Gasteiger partial charge in [-0.15, -0.1) is 0 Å². The Morgan fingerprint density at radius 1 is 1.24 bits per heavy atom. The van der Waals surface area contributed by atoms with Gasteiger partial charge in [0.15, 0.2) is 0 Å². The number of nitrogens with one attached hydrogen (secondary N) is 1. The molecule has 0 aliphatic heterocycles. The van der Waals surface area contributed by atoms with E-state index in [4.69, 9.17) is 0 Å². The molecule has 0 saturated heterocycles. The van der Waals surface area contributed by atoms with Gasteiger partial charge in [-0.05, 0) is 35.3 Å². The lowest BCUT2D eigenvalue weighted by Crippen LogP contribution is -2.51. The van der Waals surface area contributed by atoms with Crippen molar-refractivity contribution in [3.05, 3.63) is 35.4 Å². The highest BCUT2D eigenvalue weighted by molar-refractivity contribution is 5.27. The molecule has 0 bridgehead atoms. The largest absolute Gasteiger partial charge is 0.394 e. The van der Waals surface area contributed by atoms with Gasteiger partial charge in [-0.1, -0.05) is 64.8 Å². The van der Waals surface area contributed by atoms with Gasteiger partial charge < -0.3 is 10.4 Å². The summed E-state index contributed by atoms with van der Waals surface area (Å²) >= 11 is 0. The fraction of sp³-hybridized carbons (Fsp3) is 0.684. The fourth-order valence-electron chi connectivity index (χ4n) is 3.43. The van der Waals surface area contributed by atoms with Gasteiger partial charge in [0.1, 0.15) is 0 Å². The molecule has 2 atom stereocenters. The maximum Gasteiger partial charge on any atom is 0.0613 e. The molecule has 2 unspecified atom stereocenters. The molecular weight excluding hydrogens is 258 g/mol. The number of hydrogen-bond acceptors (Lipinski definition) is 2. The Morgan fingerprint density at radius 2 is 1.90 bits per heavy atom. The van der Waals surface area contributed by atoms with Crippen molar-refractivity contribution in [2.24, 2.45) is 5.92 Å². The third kappa shape index (κ3) is 4.31. The fourth-order valence-corrected chi connectivity index (χ4v) is 3.43. The van der Waals surface area contributed by atoms with Crippen LogP contribution in [0.1, 0.15) is 64.5 Å². The first-order chi connectivity index (χ1) is 9.85. The molecule has 2 nitrogen and oxygen atoms in total. The molecule has 2 heteroatoms. The minimum absolute atomic E-state index is 0.0691. The number of aliphatic hydroxyl groups is 1. The Bertz CT molecular complexity index is 446. The summed E-state index contributed by atoms with van der Waals surface area (Å²) in [5.41, 5.74) is 2.81. The Hall–Kier alpha value is -0.860. The summed E-state index contributed by atoms with van der Waals surface area (Å²) < 4.78 is 0. The number of rotatable bonds is 4. The van der Waals surface area contributed by atoms with Gasteiger partial charge >= 0.3 is 0 Å². The molecule has 1 aromatic rings. The van der Waals surface area contributed by atoms with Gasteiger partial charge in [0.05, 0.1) is 6.61 Å². The Kier molecular flexibility index (Phi) is 5.11. The maximum absolute atomic E-state index is 9.83. The van der Waals surface area contributed by atoms with Crippen molar-refractivity contribution < 1.29 is 5.11 Å². The van der Waals surface area contributed by atoms with Crippen LogP contribution in [0.15, 0.2) is 24.3 Å². The van der Waals surface area contributed by atoms with Crippen molar-refractivity contribution in [3.8, 4) is 0 Å². The molecule has 1 aliphatic rings. The zero-order valence-corrected chi connectivity index (χ0v) is 14.1. The minimum atomic E-state index is -0.0691. The highest BCUT2D eigenvalue weighted by atomic mass is 16.3. The molecule has 1 aliphatic carbocycles. The lowest BCUT2D eigenvalue weighted by molar-refractivity contribution is 0.0982. The monoisotopic (exact) mass is 289 g/mol. The van der Waals surface area contributed by atoms with Gasteiger partial charge in [-0.2, -0.15) is 0 Å². The molecule has 0 spiro atoms. The zero-order valence-electron chi connectivity index (χ0n) is 14.1. The van der Waals surface area contributed by atoms with Crippen molar-refractivity contribution in [2.75, 3.05) is 6.61 Å². The SMILES string of the molecule is CC1CCCC(CO)(NCc2ccc(C(C)(C)C)cc2)C1. The van der Waals surface area contributed by atoms with Crippen LogP contribution in [0.3, 0.4) is 0 Å². The molecule has 1 saturated carbocycles. The van der Waals surface area contributed by atoms with Crippen LogP contribution in [-0.4, -0.2) is 17.3 Å². The number of aliphatic hydroxyl groups excluding tert-OH is 1. The summed E-state index contributed by atoms with van der Waals surface area (Å²) in [4.78, 5) is 0. The summed E-state index contributed by atoms with van der Waals surface area (Å²) in [5, 5.41) is 13.5. The summed E-state index contributed by atoms with van der Waals surface area (Å²) in [6.07, 6.45) is 4.69. The molecule has 2 N–H and O–H groups in total. The molecule has 2 rings (SSSR count). The molecule has 0 heterocycles. The van der Waals surface area contributed by atoms with Gasteiger partial charge in [0.25, 0.3) is 0 Å². The Balaban J connectivity index is 1.98. The van der Waals surface area contributed by atoms with Crippen molar-refractivity contribution in [1.82, 2.24) is 5.32 Å². The van der Waals surface area contributed by atoms with Crippen LogP contribution in [0, 0.1) is 5.92 Å². The smallest absolute Gasteiger partial charge is 0.0613 e. The first-order valence-corrected chi connectivity index (χ1v) is 8.30. The van der Waals surface area contributed by atoms with E-state index in [1.165, 1.54) is 24.0 Å². The van der Waals surface area contributed by atoms with Gasteiger partial charge in [-0.25, -0.2) is 0 Å². The van der Waals surface area contributed by atoms with Gasteiger partial charge in [-0.3, -0.25) is 0 Å². The summed E-state index contributed by atoms with van der Waals surface area (Å²) in [7, 11) is 0. The van der Waals surface area contributed by atoms with Crippen LogP contribution < -0.4 is 5.32 Å². The molecule has 118 valence electrons. The van der Waals surface area contributed by atoms with E-state index in [0.29, 0.717) is 5.92 Å². The second-order valence-corrected chi connectivity index (χ2v) is 7.94. The van der Waals surface area contributed by atoms with Crippen LogP contribution in [0.25, 0.3) is 0 Å². The van der Waals surface area contributed by atoms with E-state index in [1.807, 2.05) is 0 Å². The third-order valence-corrected chi connectivity index (χ3v) is 4.88. The van der Waals surface area contributed by atoms with Crippen LogP contribution in [0.4, 0.5) is 0 Å². The van der Waals surface area contributed by atoms with E-state index < -0.39 is 0 Å². The van der Waals surface area contributed by atoms with E-state index in [2.05, 4.69) is 57.3 Å². The summed E-state index contributed by atoms with van der Waals surface area (Å²) in [6.45, 7) is 10.1. The maximum atomic E-state index is 9.83. The van der Waals surface area contributed by atoms with Crippen LogP contribution in [-0.2, 0) is 12.0 Å². The topological polar surface area (TPSA) is 32.3 Å². The molecule has 0 amide bonds. The highest BCUT2D eigenvalue weighted by Crippen LogP contribution is 2.32. The average molecular weight is 289 g/mol. The van der Waals surface area contributed by atoms with E-state index in [-0.39, 0.29) is 17.6 Å². The lowest BCUT2D eigenvalue weighted by Gasteiger charge is -2.39. The first kappa shape index (κ1) is 16.5. The van der Waals surface area contributed by atoms with Crippen molar-refractivity contribution in [2.45, 2.75) is 70.9 Å². The standard InChI is InChI=1S/C19H31NO/c1-15-6-5-11-19(12-15,14-21)20-13-16-7-9-17(10-8-16)18(2,3)4/h7-10,15,20-21H,5-6,11-14H2,1-4H3. The highest BCUT2D eigenvalue weighted by Gasteiger charge is 2.33. The van der Waals surface area contributed by atoms with E-state index in [9.17, 15) is 5.11 Å². The number of hydrogen-bond donors (Lipinski definition) is 2.